The fourth-order valence-corrected chi connectivity index (χ4v) is 0.914. The van der Waals surface area contributed by atoms with E-state index in [2.05, 4.69) is 5.10 Å². The van der Waals surface area contributed by atoms with E-state index in [0.29, 0.717) is 0 Å². The molecular weight excluding hydrogens is 150 g/mol. The molecule has 0 saturated carbocycles. The van der Waals surface area contributed by atoms with Gasteiger partial charge >= 0.3 is 0 Å². The summed E-state index contributed by atoms with van der Waals surface area (Å²) in [5.74, 6) is 0. The third-order valence-corrected chi connectivity index (χ3v) is 1.62. The predicted molar refractivity (Wildman–Crippen MR) is 37.7 cm³/mol. The lowest BCUT2D eigenvalue weighted by Crippen LogP contribution is -2.15. The van der Waals surface area contributed by atoms with Crippen LogP contribution in [-0.4, -0.2) is 16.2 Å². The Kier molecular flexibility index (Phi) is 2.22. The van der Waals surface area contributed by atoms with Crippen molar-refractivity contribution in [1.29, 1.82) is 0 Å². The summed E-state index contributed by atoms with van der Waals surface area (Å²) in [6.45, 7) is 3.20. The highest BCUT2D eigenvalue weighted by molar-refractivity contribution is 4.98. The molecule has 0 bridgehead atoms. The predicted octanol–water partition coefficient (Wildman–Crippen LogP) is 2.02. The first-order chi connectivity index (χ1) is 5.13. The summed E-state index contributed by atoms with van der Waals surface area (Å²) in [5, 5.41) is 3.77. The highest BCUT2D eigenvalue weighted by Gasteiger charge is 2.17. The fraction of sp³-hybridized carbons (Fsp3) is 0.571. The number of nitrogens with zero attached hydrogens (tertiary/aromatic N) is 2. The minimum absolute atomic E-state index is 0.762. The maximum Gasteiger partial charge on any atom is 0.260 e. The number of alkyl halides is 2. The monoisotopic (exact) mass is 160 g/mol. The summed E-state index contributed by atoms with van der Waals surface area (Å²) >= 11 is 0. The molecule has 1 unspecified atom stereocenters. The smallest absolute Gasteiger partial charge is 0.260 e. The first-order valence-corrected chi connectivity index (χ1v) is 3.41. The van der Waals surface area contributed by atoms with E-state index in [1.165, 1.54) is 17.8 Å². The normalized spacial score (nSPS) is 13.9. The molecular formula is C7H10F2N2. The van der Waals surface area contributed by atoms with Crippen LogP contribution in [0.1, 0.15) is 18.7 Å². The zero-order valence-corrected chi connectivity index (χ0v) is 6.46. The molecule has 0 aliphatic carbocycles. The van der Waals surface area contributed by atoms with Crippen LogP contribution in [0.2, 0.25) is 0 Å². The molecule has 1 heterocycles. The number of hydrogen-bond donors (Lipinski definition) is 0. The Hall–Kier alpha value is -0.930. The van der Waals surface area contributed by atoms with Crippen LogP contribution in [0.3, 0.4) is 0 Å². The third-order valence-electron chi connectivity index (χ3n) is 1.62. The van der Waals surface area contributed by atoms with Gasteiger partial charge in [0.1, 0.15) is 6.04 Å². The van der Waals surface area contributed by atoms with Gasteiger partial charge in [-0.15, -0.1) is 0 Å². The van der Waals surface area contributed by atoms with Gasteiger partial charge in [0.2, 0.25) is 0 Å². The average Bonchev–Trinajstić information content (AvgIpc) is 2.33. The maximum absolute atomic E-state index is 12.1. The quantitative estimate of drug-likeness (QED) is 0.647. The molecule has 0 radical (unpaired) electrons. The molecule has 0 aromatic carbocycles. The average molecular weight is 160 g/mol. The lowest BCUT2D eigenvalue weighted by molar-refractivity contribution is 0.0844. The van der Waals surface area contributed by atoms with Gasteiger partial charge in [-0.1, -0.05) is 0 Å². The van der Waals surface area contributed by atoms with E-state index in [4.69, 9.17) is 0 Å². The molecule has 0 amide bonds. The van der Waals surface area contributed by atoms with Crippen LogP contribution < -0.4 is 0 Å². The van der Waals surface area contributed by atoms with Gasteiger partial charge in [0, 0.05) is 11.9 Å². The Morgan fingerprint density at radius 3 is 2.55 bits per heavy atom. The molecule has 1 rings (SSSR count). The molecule has 1 atom stereocenters. The van der Waals surface area contributed by atoms with E-state index in [9.17, 15) is 8.78 Å². The minimum atomic E-state index is -2.35. The van der Waals surface area contributed by atoms with E-state index in [1.807, 2.05) is 0 Å². The van der Waals surface area contributed by atoms with E-state index in [0.717, 1.165) is 5.69 Å². The summed E-state index contributed by atoms with van der Waals surface area (Å²) < 4.78 is 25.5. The molecule has 11 heavy (non-hydrogen) atoms. The van der Waals surface area contributed by atoms with Gasteiger partial charge in [-0.25, -0.2) is 8.78 Å². The molecule has 2 nitrogen and oxygen atoms in total. The highest BCUT2D eigenvalue weighted by Crippen LogP contribution is 2.15. The van der Waals surface area contributed by atoms with Crippen molar-refractivity contribution in [3.8, 4) is 0 Å². The Labute approximate surface area is 63.8 Å². The molecule has 0 aliphatic rings. The van der Waals surface area contributed by atoms with Crippen molar-refractivity contribution in [2.75, 3.05) is 0 Å². The summed E-state index contributed by atoms with van der Waals surface area (Å²) in [4.78, 5) is 0. The molecule has 0 fully saturated rings. The molecule has 62 valence electrons. The van der Waals surface area contributed by atoms with Crippen molar-refractivity contribution in [2.45, 2.75) is 26.3 Å². The second-order valence-electron chi connectivity index (χ2n) is 2.49. The number of rotatable bonds is 2. The topological polar surface area (TPSA) is 17.8 Å². The van der Waals surface area contributed by atoms with Crippen LogP contribution in [0.15, 0.2) is 12.3 Å². The van der Waals surface area contributed by atoms with Crippen LogP contribution in [0.5, 0.6) is 0 Å². The van der Waals surface area contributed by atoms with Gasteiger partial charge in [-0.3, -0.25) is 4.68 Å². The van der Waals surface area contributed by atoms with Gasteiger partial charge in [0.25, 0.3) is 6.43 Å². The summed E-state index contributed by atoms with van der Waals surface area (Å²) in [5.41, 5.74) is 0.762. The summed E-state index contributed by atoms with van der Waals surface area (Å²) in [6, 6.07) is 0.879. The number of aryl methyl sites for hydroxylation is 1. The Morgan fingerprint density at radius 1 is 1.55 bits per heavy atom. The summed E-state index contributed by atoms with van der Waals surface area (Å²) in [6.07, 6.45) is -0.831. The molecule has 4 heteroatoms. The van der Waals surface area contributed by atoms with Crippen molar-refractivity contribution in [1.82, 2.24) is 9.78 Å². The zero-order valence-electron chi connectivity index (χ0n) is 6.46. The Bertz CT molecular complexity index is 232. The van der Waals surface area contributed by atoms with Crippen LogP contribution in [0, 0.1) is 6.92 Å². The van der Waals surface area contributed by atoms with Crippen LogP contribution in [-0.2, 0) is 0 Å². The van der Waals surface area contributed by atoms with Crippen LogP contribution >= 0.6 is 0 Å². The van der Waals surface area contributed by atoms with Crippen LogP contribution in [0.25, 0.3) is 0 Å². The number of hydrogen-bond acceptors (Lipinski definition) is 1. The van der Waals surface area contributed by atoms with E-state index in [-0.39, 0.29) is 0 Å². The third kappa shape index (κ3) is 1.56. The van der Waals surface area contributed by atoms with Crippen molar-refractivity contribution < 1.29 is 8.78 Å². The van der Waals surface area contributed by atoms with Crippen molar-refractivity contribution in [3.63, 3.8) is 0 Å². The summed E-state index contributed by atoms with van der Waals surface area (Å²) in [7, 11) is 0. The second kappa shape index (κ2) is 2.98. The van der Waals surface area contributed by atoms with Crippen LogP contribution in [0.4, 0.5) is 8.78 Å². The second-order valence-corrected chi connectivity index (χ2v) is 2.49. The standard InChI is InChI=1S/C7H10F2N2/c1-5-3-4-10-11(5)6(2)7(8)9/h3-4,6-7H,1-2H3. The fourth-order valence-electron chi connectivity index (χ4n) is 0.914. The van der Waals surface area contributed by atoms with E-state index in [1.54, 1.807) is 13.0 Å². The number of aromatic nitrogens is 2. The molecule has 1 aromatic rings. The zero-order chi connectivity index (χ0) is 8.43. The Balaban J connectivity index is 2.84. The van der Waals surface area contributed by atoms with Gasteiger partial charge < -0.3 is 0 Å². The molecule has 0 saturated heterocycles. The lowest BCUT2D eigenvalue weighted by Gasteiger charge is -2.12. The lowest BCUT2D eigenvalue weighted by atomic mass is 10.3. The van der Waals surface area contributed by atoms with Crippen molar-refractivity contribution in [2.24, 2.45) is 0 Å². The molecule has 1 aromatic heterocycles. The van der Waals surface area contributed by atoms with Gasteiger partial charge in [0.15, 0.2) is 0 Å². The van der Waals surface area contributed by atoms with E-state index >= 15 is 0 Å². The first-order valence-electron chi connectivity index (χ1n) is 3.41. The SMILES string of the molecule is Cc1ccnn1C(C)C(F)F. The van der Waals surface area contributed by atoms with E-state index < -0.39 is 12.5 Å². The van der Waals surface area contributed by atoms with Gasteiger partial charge in [-0.2, -0.15) is 5.10 Å². The molecule has 0 aliphatic heterocycles. The van der Waals surface area contributed by atoms with Gasteiger partial charge in [0.05, 0.1) is 0 Å². The van der Waals surface area contributed by atoms with Gasteiger partial charge in [-0.05, 0) is 19.9 Å². The first kappa shape index (κ1) is 8.17. The van der Waals surface area contributed by atoms with Crippen molar-refractivity contribution >= 4 is 0 Å². The van der Waals surface area contributed by atoms with Crippen molar-refractivity contribution in [3.05, 3.63) is 18.0 Å². The Morgan fingerprint density at radius 2 is 2.18 bits per heavy atom. The molecule has 0 N–H and O–H groups in total. The maximum atomic E-state index is 12.1. The number of halogens is 2. The minimum Gasteiger partial charge on any atom is -0.261 e. The highest BCUT2D eigenvalue weighted by atomic mass is 19.3. The largest absolute Gasteiger partial charge is 0.261 e. The molecule has 0 spiro atoms.